The van der Waals surface area contributed by atoms with Crippen molar-refractivity contribution in [1.82, 2.24) is 10.3 Å². The monoisotopic (exact) mass is 280 g/mol. The summed E-state index contributed by atoms with van der Waals surface area (Å²) in [5, 5.41) is 5.12. The summed E-state index contributed by atoms with van der Waals surface area (Å²) in [7, 11) is 0. The molecule has 1 aromatic carbocycles. The van der Waals surface area contributed by atoms with Gasteiger partial charge in [-0.25, -0.2) is 0 Å². The molecule has 0 radical (unpaired) electrons. The lowest BCUT2D eigenvalue weighted by molar-refractivity contribution is 0.642. The zero-order valence-corrected chi connectivity index (χ0v) is 12.9. The molecule has 0 spiro atoms. The SMILES string of the molecule is CCc1ccc2nc3c(c(CNC4CC4)c2c1)CCCC3. The number of nitrogens with one attached hydrogen (secondary N) is 1. The summed E-state index contributed by atoms with van der Waals surface area (Å²) in [6.45, 7) is 3.26. The Kier molecular flexibility index (Phi) is 3.42. The van der Waals surface area contributed by atoms with Crippen LogP contribution in [0.3, 0.4) is 0 Å². The van der Waals surface area contributed by atoms with Crippen LogP contribution in [0.15, 0.2) is 18.2 Å². The highest BCUT2D eigenvalue weighted by Crippen LogP contribution is 2.31. The van der Waals surface area contributed by atoms with E-state index in [-0.39, 0.29) is 0 Å². The first-order valence-electron chi connectivity index (χ1n) is 8.52. The molecule has 1 N–H and O–H groups in total. The maximum atomic E-state index is 4.97. The van der Waals surface area contributed by atoms with Crippen LogP contribution >= 0.6 is 0 Å². The van der Waals surface area contributed by atoms with E-state index in [9.17, 15) is 0 Å². The number of rotatable bonds is 4. The first-order valence-corrected chi connectivity index (χ1v) is 8.52. The van der Waals surface area contributed by atoms with Crippen molar-refractivity contribution in [3.05, 3.63) is 40.6 Å². The third-order valence-electron chi connectivity index (χ3n) is 5.00. The largest absolute Gasteiger partial charge is 0.310 e. The maximum absolute atomic E-state index is 4.97. The molecule has 1 aromatic heterocycles. The molecule has 0 bridgehead atoms. The first kappa shape index (κ1) is 13.3. The second kappa shape index (κ2) is 5.42. The molecule has 21 heavy (non-hydrogen) atoms. The van der Waals surface area contributed by atoms with Crippen LogP contribution < -0.4 is 5.32 Å². The molecule has 2 aromatic rings. The van der Waals surface area contributed by atoms with Gasteiger partial charge in [0.15, 0.2) is 0 Å². The second-order valence-electron chi connectivity index (χ2n) is 6.58. The summed E-state index contributed by atoms with van der Waals surface area (Å²) in [6, 6.07) is 7.61. The van der Waals surface area contributed by atoms with Gasteiger partial charge in [-0.2, -0.15) is 0 Å². The number of hydrogen-bond acceptors (Lipinski definition) is 2. The van der Waals surface area contributed by atoms with Crippen LogP contribution in [-0.2, 0) is 25.8 Å². The van der Waals surface area contributed by atoms with Gasteiger partial charge in [0.25, 0.3) is 0 Å². The molecule has 0 amide bonds. The smallest absolute Gasteiger partial charge is 0.0708 e. The molecule has 0 aliphatic heterocycles. The highest BCUT2D eigenvalue weighted by molar-refractivity contribution is 5.84. The lowest BCUT2D eigenvalue weighted by Crippen LogP contribution is -2.19. The van der Waals surface area contributed by atoms with Crippen LogP contribution in [-0.4, -0.2) is 11.0 Å². The lowest BCUT2D eigenvalue weighted by Gasteiger charge is -2.21. The van der Waals surface area contributed by atoms with Crippen LogP contribution in [0.1, 0.15) is 55.0 Å². The molecule has 0 unspecified atom stereocenters. The third kappa shape index (κ3) is 2.57. The highest BCUT2D eigenvalue weighted by Gasteiger charge is 2.23. The fourth-order valence-electron chi connectivity index (χ4n) is 3.52. The zero-order valence-electron chi connectivity index (χ0n) is 12.9. The summed E-state index contributed by atoms with van der Waals surface area (Å²) in [5.41, 5.74) is 7.07. The number of benzene rings is 1. The van der Waals surface area contributed by atoms with Gasteiger partial charge in [-0.15, -0.1) is 0 Å². The molecular formula is C19H24N2. The van der Waals surface area contributed by atoms with Crippen LogP contribution in [0.2, 0.25) is 0 Å². The summed E-state index contributed by atoms with van der Waals surface area (Å²) in [4.78, 5) is 4.97. The first-order chi connectivity index (χ1) is 10.3. The average molecular weight is 280 g/mol. The van der Waals surface area contributed by atoms with Crippen LogP contribution in [0.4, 0.5) is 0 Å². The van der Waals surface area contributed by atoms with E-state index in [4.69, 9.17) is 4.98 Å². The van der Waals surface area contributed by atoms with E-state index in [1.807, 2.05) is 0 Å². The quantitative estimate of drug-likeness (QED) is 0.918. The Labute approximate surface area is 127 Å². The fourth-order valence-corrected chi connectivity index (χ4v) is 3.52. The van der Waals surface area contributed by atoms with E-state index in [0.717, 1.165) is 25.4 Å². The van der Waals surface area contributed by atoms with Crippen molar-refractivity contribution in [3.63, 3.8) is 0 Å². The van der Waals surface area contributed by atoms with Crippen molar-refractivity contribution in [2.75, 3.05) is 0 Å². The third-order valence-corrected chi connectivity index (χ3v) is 5.00. The summed E-state index contributed by atoms with van der Waals surface area (Å²) >= 11 is 0. The van der Waals surface area contributed by atoms with E-state index in [0.29, 0.717) is 0 Å². The second-order valence-corrected chi connectivity index (χ2v) is 6.58. The summed E-state index contributed by atoms with van der Waals surface area (Å²) < 4.78 is 0. The zero-order chi connectivity index (χ0) is 14.2. The fraction of sp³-hybridized carbons (Fsp3) is 0.526. The number of fused-ring (bicyclic) bond motifs is 2. The van der Waals surface area contributed by atoms with E-state index in [1.165, 1.54) is 59.8 Å². The van der Waals surface area contributed by atoms with Crippen molar-refractivity contribution < 1.29 is 0 Å². The topological polar surface area (TPSA) is 24.9 Å². The summed E-state index contributed by atoms with van der Waals surface area (Å²) in [5.74, 6) is 0. The van der Waals surface area contributed by atoms with Gasteiger partial charge in [0.05, 0.1) is 5.52 Å². The number of aryl methyl sites for hydroxylation is 2. The molecule has 110 valence electrons. The Hall–Kier alpha value is -1.41. The molecular weight excluding hydrogens is 256 g/mol. The van der Waals surface area contributed by atoms with Crippen LogP contribution in [0, 0.1) is 0 Å². The highest BCUT2D eigenvalue weighted by atomic mass is 14.9. The van der Waals surface area contributed by atoms with Crippen molar-refractivity contribution in [2.45, 2.75) is 64.5 Å². The van der Waals surface area contributed by atoms with Gasteiger partial charge in [-0.3, -0.25) is 4.98 Å². The Morgan fingerprint density at radius 2 is 2.05 bits per heavy atom. The van der Waals surface area contributed by atoms with Gasteiger partial charge < -0.3 is 5.32 Å². The molecule has 2 aliphatic carbocycles. The number of aromatic nitrogens is 1. The van der Waals surface area contributed by atoms with Crippen molar-refractivity contribution in [3.8, 4) is 0 Å². The Morgan fingerprint density at radius 3 is 2.86 bits per heavy atom. The predicted octanol–water partition coefficient (Wildman–Crippen LogP) is 3.93. The van der Waals surface area contributed by atoms with Gasteiger partial charge in [-0.1, -0.05) is 13.0 Å². The minimum atomic E-state index is 0.766. The lowest BCUT2D eigenvalue weighted by atomic mass is 9.89. The summed E-state index contributed by atoms with van der Waals surface area (Å²) in [6.07, 6.45) is 8.81. The molecule has 0 saturated heterocycles. The molecule has 0 atom stereocenters. The molecule has 1 heterocycles. The van der Waals surface area contributed by atoms with E-state index < -0.39 is 0 Å². The Balaban J connectivity index is 1.85. The van der Waals surface area contributed by atoms with E-state index in [1.54, 1.807) is 5.56 Å². The number of nitrogens with zero attached hydrogens (tertiary/aromatic N) is 1. The minimum absolute atomic E-state index is 0.766. The van der Waals surface area contributed by atoms with Gasteiger partial charge >= 0.3 is 0 Å². The normalized spacial score (nSPS) is 18.0. The molecule has 1 fully saturated rings. The Bertz CT molecular complexity index is 671. The van der Waals surface area contributed by atoms with Gasteiger partial charge in [0.2, 0.25) is 0 Å². The number of hydrogen-bond donors (Lipinski definition) is 1. The number of pyridine rings is 1. The molecule has 2 nitrogen and oxygen atoms in total. The Morgan fingerprint density at radius 1 is 1.19 bits per heavy atom. The average Bonchev–Trinajstić information content (AvgIpc) is 3.35. The predicted molar refractivity (Wildman–Crippen MR) is 87.6 cm³/mol. The standard InChI is InChI=1S/C19H24N2/c1-2-13-7-10-19-16(11-13)17(12-20-14-8-9-14)15-5-3-4-6-18(15)21-19/h7,10-11,14,20H,2-6,8-9,12H2,1H3. The van der Waals surface area contributed by atoms with Crippen molar-refractivity contribution in [2.24, 2.45) is 0 Å². The van der Waals surface area contributed by atoms with Crippen molar-refractivity contribution in [1.29, 1.82) is 0 Å². The van der Waals surface area contributed by atoms with E-state index in [2.05, 4.69) is 30.4 Å². The molecule has 2 heteroatoms. The van der Waals surface area contributed by atoms with Gasteiger partial charge in [0.1, 0.15) is 0 Å². The van der Waals surface area contributed by atoms with Crippen LogP contribution in [0.25, 0.3) is 10.9 Å². The van der Waals surface area contributed by atoms with Gasteiger partial charge in [-0.05, 0) is 73.8 Å². The van der Waals surface area contributed by atoms with Crippen LogP contribution in [0.5, 0.6) is 0 Å². The van der Waals surface area contributed by atoms with E-state index >= 15 is 0 Å². The molecule has 1 saturated carbocycles. The minimum Gasteiger partial charge on any atom is -0.310 e. The molecule has 4 rings (SSSR count). The van der Waals surface area contributed by atoms with Gasteiger partial charge in [0, 0.05) is 23.7 Å². The van der Waals surface area contributed by atoms with Crippen molar-refractivity contribution >= 4 is 10.9 Å². The maximum Gasteiger partial charge on any atom is 0.0708 e. The molecule has 2 aliphatic rings.